The molecule has 5 nitrogen and oxygen atoms in total. The normalized spacial score (nSPS) is 11.3. The van der Waals surface area contributed by atoms with E-state index >= 15 is 0 Å². The van der Waals surface area contributed by atoms with Gasteiger partial charge in [0.15, 0.2) is 0 Å². The molecule has 2 aromatic rings. The van der Waals surface area contributed by atoms with Crippen molar-refractivity contribution in [2.75, 3.05) is 7.11 Å². The molecule has 0 radical (unpaired) electrons. The molecule has 0 bridgehead atoms. The van der Waals surface area contributed by atoms with Gasteiger partial charge >= 0.3 is 11.9 Å². The lowest BCUT2D eigenvalue weighted by Gasteiger charge is -2.27. The number of hydrogen-bond acceptors (Lipinski definition) is 3. The Labute approximate surface area is 145 Å². The molecular formula is C20H20O5. The zero-order valence-corrected chi connectivity index (χ0v) is 14.4. The van der Waals surface area contributed by atoms with Crippen molar-refractivity contribution >= 4 is 25.1 Å². The van der Waals surface area contributed by atoms with Gasteiger partial charge in [0.25, 0.3) is 0 Å². The summed E-state index contributed by atoms with van der Waals surface area (Å²) in [6.07, 6.45) is 0. The number of carboxylic acid groups (broad SMARTS) is 2. The van der Waals surface area contributed by atoms with E-state index in [2.05, 4.69) is 13.2 Å². The van der Waals surface area contributed by atoms with E-state index in [0.29, 0.717) is 21.6 Å². The third-order valence-corrected chi connectivity index (χ3v) is 4.38. The maximum absolute atomic E-state index is 11.3. The molecular weight excluding hydrogens is 320 g/mol. The molecule has 0 spiro atoms. The van der Waals surface area contributed by atoms with E-state index in [9.17, 15) is 19.8 Å². The molecule has 0 amide bonds. The van der Waals surface area contributed by atoms with Crippen molar-refractivity contribution in [3.05, 3.63) is 57.5 Å². The fraction of sp³-hybridized carbons (Fsp3) is 0.200. The van der Waals surface area contributed by atoms with Gasteiger partial charge in [0.1, 0.15) is 0 Å². The van der Waals surface area contributed by atoms with E-state index in [0.717, 1.165) is 5.56 Å². The van der Waals surface area contributed by atoms with Crippen LogP contribution in [-0.2, 0) is 10.3 Å². The second-order valence-electron chi connectivity index (χ2n) is 6.20. The molecule has 5 heteroatoms. The van der Waals surface area contributed by atoms with E-state index in [1.165, 1.54) is 12.1 Å². The summed E-state index contributed by atoms with van der Waals surface area (Å²) in [4.78, 5) is 22.6. The topological polar surface area (TPSA) is 83.8 Å². The number of ether oxygens (including phenoxy) is 1. The van der Waals surface area contributed by atoms with Crippen LogP contribution in [0.2, 0.25) is 0 Å². The monoisotopic (exact) mass is 340 g/mol. The van der Waals surface area contributed by atoms with Crippen LogP contribution < -0.4 is 10.4 Å². The van der Waals surface area contributed by atoms with Crippen LogP contribution in [0.5, 0.6) is 0 Å². The minimum atomic E-state index is -1.07. The van der Waals surface area contributed by atoms with E-state index < -0.39 is 17.5 Å². The summed E-state index contributed by atoms with van der Waals surface area (Å²) < 4.78 is 5.53. The summed E-state index contributed by atoms with van der Waals surface area (Å²) in [6.45, 7) is 11.4. The average Bonchev–Trinajstić information content (AvgIpc) is 2.56. The van der Waals surface area contributed by atoms with Gasteiger partial charge in [-0.3, -0.25) is 0 Å². The molecule has 25 heavy (non-hydrogen) atoms. The molecule has 2 aromatic carbocycles. The first-order valence-corrected chi connectivity index (χ1v) is 7.57. The molecule has 0 fully saturated rings. The van der Waals surface area contributed by atoms with Gasteiger partial charge in [-0.15, -0.1) is 0 Å². The molecule has 130 valence electrons. The molecule has 2 N–H and O–H groups in total. The Balaban J connectivity index is 2.82. The number of hydrogen-bond donors (Lipinski definition) is 2. The number of aromatic carboxylic acids is 2. The zero-order valence-electron chi connectivity index (χ0n) is 14.4. The number of carboxylic acids is 2. The largest absolute Gasteiger partial charge is 0.478 e. The highest BCUT2D eigenvalue weighted by atomic mass is 16.5. The van der Waals surface area contributed by atoms with Crippen LogP contribution >= 0.6 is 0 Å². The van der Waals surface area contributed by atoms with Gasteiger partial charge in [0.05, 0.1) is 16.7 Å². The fourth-order valence-corrected chi connectivity index (χ4v) is 2.67. The van der Waals surface area contributed by atoms with E-state index in [1.54, 1.807) is 25.3 Å². The van der Waals surface area contributed by atoms with Gasteiger partial charge in [-0.05, 0) is 59.2 Å². The summed E-state index contributed by atoms with van der Waals surface area (Å²) in [5.41, 5.74) is 1.56. The Morgan fingerprint density at radius 3 is 2.08 bits per heavy atom. The smallest absolute Gasteiger partial charge is 0.336 e. The van der Waals surface area contributed by atoms with Gasteiger partial charge < -0.3 is 14.9 Å². The van der Waals surface area contributed by atoms with Crippen molar-refractivity contribution in [2.45, 2.75) is 19.4 Å². The second-order valence-corrected chi connectivity index (χ2v) is 6.20. The zero-order chi connectivity index (χ0) is 18.9. The molecule has 0 heterocycles. The van der Waals surface area contributed by atoms with Gasteiger partial charge in [-0.25, -0.2) is 9.59 Å². The van der Waals surface area contributed by atoms with Crippen LogP contribution in [0, 0.1) is 0 Å². The highest BCUT2D eigenvalue weighted by molar-refractivity contribution is 5.90. The maximum Gasteiger partial charge on any atom is 0.336 e. The summed E-state index contributed by atoms with van der Waals surface area (Å²) >= 11 is 0. The number of benzene rings is 2. The van der Waals surface area contributed by atoms with Crippen molar-refractivity contribution < 1.29 is 24.5 Å². The van der Waals surface area contributed by atoms with Crippen molar-refractivity contribution in [1.82, 2.24) is 0 Å². The van der Waals surface area contributed by atoms with Crippen molar-refractivity contribution in [1.29, 1.82) is 0 Å². The molecule has 0 aliphatic rings. The van der Waals surface area contributed by atoms with Crippen molar-refractivity contribution in [3.8, 4) is 11.1 Å². The Morgan fingerprint density at radius 1 is 0.960 bits per heavy atom. The van der Waals surface area contributed by atoms with Crippen LogP contribution in [0.15, 0.2) is 30.3 Å². The lowest BCUT2D eigenvalue weighted by atomic mass is 9.86. The van der Waals surface area contributed by atoms with Crippen LogP contribution in [-0.4, -0.2) is 29.3 Å². The third kappa shape index (κ3) is 3.32. The first-order valence-electron chi connectivity index (χ1n) is 7.57. The predicted octanol–water partition coefficient (Wildman–Crippen LogP) is 2.45. The van der Waals surface area contributed by atoms with Crippen molar-refractivity contribution in [2.24, 2.45) is 0 Å². The van der Waals surface area contributed by atoms with Gasteiger partial charge in [0.2, 0.25) is 0 Å². The molecule has 0 saturated carbocycles. The Bertz CT molecular complexity index is 957. The summed E-state index contributed by atoms with van der Waals surface area (Å²) in [5.74, 6) is -2.10. The van der Waals surface area contributed by atoms with E-state index in [1.807, 2.05) is 13.8 Å². The van der Waals surface area contributed by atoms with Crippen LogP contribution in [0.3, 0.4) is 0 Å². The van der Waals surface area contributed by atoms with Gasteiger partial charge in [-0.1, -0.05) is 25.3 Å². The third-order valence-electron chi connectivity index (χ3n) is 4.38. The molecule has 0 aliphatic carbocycles. The lowest BCUT2D eigenvalue weighted by Crippen LogP contribution is -2.31. The first kappa shape index (κ1) is 18.4. The van der Waals surface area contributed by atoms with Crippen molar-refractivity contribution in [3.63, 3.8) is 0 Å². The Hall–Kier alpha value is -2.92. The Kier molecular flexibility index (Phi) is 4.81. The second kappa shape index (κ2) is 6.53. The first-order chi connectivity index (χ1) is 11.6. The van der Waals surface area contributed by atoms with E-state index in [-0.39, 0.29) is 11.1 Å². The summed E-state index contributed by atoms with van der Waals surface area (Å²) in [7, 11) is 1.54. The standard InChI is InChI=1S/C20H20O5/c1-11-12(2)15(19(23)24)9-8-14(11)16-7-6-13(18(21)22)10-17(16)20(3,4)25-5/h6-10H,1-2H2,3-5H3,(H,21,22)(H,23,24). The quantitative estimate of drug-likeness (QED) is 0.873. The average molecular weight is 340 g/mol. The number of methoxy groups -OCH3 is 1. The molecule has 0 atom stereocenters. The number of rotatable bonds is 5. The summed E-state index contributed by atoms with van der Waals surface area (Å²) in [5, 5.41) is 19.3. The van der Waals surface area contributed by atoms with Crippen LogP contribution in [0.1, 0.15) is 40.1 Å². The molecule has 0 aliphatic heterocycles. The minimum absolute atomic E-state index is 0.0865. The van der Waals surface area contributed by atoms with E-state index in [4.69, 9.17) is 4.74 Å². The fourth-order valence-electron chi connectivity index (χ4n) is 2.67. The van der Waals surface area contributed by atoms with Crippen LogP contribution in [0.4, 0.5) is 0 Å². The Morgan fingerprint density at radius 2 is 1.56 bits per heavy atom. The number of carbonyl (C=O) groups is 2. The van der Waals surface area contributed by atoms with Crippen LogP contribution in [0.25, 0.3) is 24.3 Å². The molecule has 2 rings (SSSR count). The SMILES string of the molecule is C=c1c(C(=O)O)ccc(-c2ccc(C(=O)O)cc2C(C)(C)OC)c1=C. The summed E-state index contributed by atoms with van der Waals surface area (Å²) in [6, 6.07) is 7.88. The lowest BCUT2D eigenvalue weighted by molar-refractivity contribution is 0.0196. The predicted molar refractivity (Wildman–Crippen MR) is 96.1 cm³/mol. The highest BCUT2D eigenvalue weighted by Crippen LogP contribution is 2.33. The molecule has 0 saturated heterocycles. The molecule has 0 unspecified atom stereocenters. The maximum atomic E-state index is 11.3. The molecule has 0 aromatic heterocycles. The minimum Gasteiger partial charge on any atom is -0.478 e. The highest BCUT2D eigenvalue weighted by Gasteiger charge is 2.25. The van der Waals surface area contributed by atoms with Gasteiger partial charge in [0, 0.05) is 7.11 Å². The van der Waals surface area contributed by atoms with Gasteiger partial charge in [-0.2, -0.15) is 0 Å².